The van der Waals surface area contributed by atoms with Gasteiger partial charge in [0.25, 0.3) is 0 Å². The molecular weight excluding hydrogens is 268 g/mol. The van der Waals surface area contributed by atoms with Gasteiger partial charge in [0.1, 0.15) is 0 Å². The second-order valence-corrected chi connectivity index (χ2v) is 4.52. The smallest absolute Gasteiger partial charge is 0.0587 e. The number of H-pyrrole nitrogens is 1. The average molecular weight is 281 g/mol. The van der Waals surface area contributed by atoms with Crippen molar-refractivity contribution in [3.63, 3.8) is 0 Å². The highest BCUT2D eigenvalue weighted by Gasteiger charge is 2.02. The Morgan fingerprint density at radius 2 is 2.31 bits per heavy atom. The van der Waals surface area contributed by atoms with E-state index in [9.17, 15) is 0 Å². The molecule has 5 heteroatoms. The summed E-state index contributed by atoms with van der Waals surface area (Å²) in [5, 5.41) is 10.2. The monoisotopic (exact) mass is 280 g/mol. The molecule has 1 aromatic heterocycles. The predicted molar refractivity (Wildman–Crippen MR) is 69.2 cm³/mol. The maximum atomic E-state index is 5.86. The van der Waals surface area contributed by atoms with Crippen LogP contribution in [0, 0.1) is 6.92 Å². The lowest BCUT2D eigenvalue weighted by Crippen LogP contribution is -2.02. The standard InChI is InChI=1S/C11H13BrN4/c1-7-8(6-15-16-7)5-14-11-4-9(12)2-3-10(11)13/h2-4,6,14H,5,13H2,1H3,(H,15,16). The number of aryl methyl sites for hydroxylation is 1. The van der Waals surface area contributed by atoms with Crippen LogP contribution in [0.15, 0.2) is 28.9 Å². The largest absolute Gasteiger partial charge is 0.397 e. The number of nitrogens with one attached hydrogen (secondary N) is 2. The van der Waals surface area contributed by atoms with Gasteiger partial charge in [0.05, 0.1) is 17.6 Å². The zero-order valence-electron chi connectivity index (χ0n) is 8.92. The van der Waals surface area contributed by atoms with Gasteiger partial charge in [-0.3, -0.25) is 5.10 Å². The van der Waals surface area contributed by atoms with Crippen LogP contribution < -0.4 is 11.1 Å². The van der Waals surface area contributed by atoms with E-state index < -0.39 is 0 Å². The molecule has 0 radical (unpaired) electrons. The number of aromatic amines is 1. The first-order valence-corrected chi connectivity index (χ1v) is 5.74. The average Bonchev–Trinajstić information content (AvgIpc) is 2.66. The van der Waals surface area contributed by atoms with Gasteiger partial charge in [-0.2, -0.15) is 5.10 Å². The van der Waals surface area contributed by atoms with E-state index in [0.717, 1.165) is 27.1 Å². The summed E-state index contributed by atoms with van der Waals surface area (Å²) in [6, 6.07) is 5.75. The number of rotatable bonds is 3. The minimum absolute atomic E-state index is 0.711. The zero-order chi connectivity index (χ0) is 11.5. The van der Waals surface area contributed by atoms with Crippen molar-refractivity contribution < 1.29 is 0 Å². The fourth-order valence-corrected chi connectivity index (χ4v) is 1.79. The van der Waals surface area contributed by atoms with Crippen LogP contribution in [0.2, 0.25) is 0 Å². The molecule has 0 amide bonds. The van der Waals surface area contributed by atoms with E-state index in [1.807, 2.05) is 31.3 Å². The Morgan fingerprint density at radius 1 is 1.50 bits per heavy atom. The molecule has 0 fully saturated rings. The molecule has 0 atom stereocenters. The number of nitrogens with two attached hydrogens (primary N) is 1. The van der Waals surface area contributed by atoms with Gasteiger partial charge in [0.2, 0.25) is 0 Å². The van der Waals surface area contributed by atoms with Crippen molar-refractivity contribution in [2.45, 2.75) is 13.5 Å². The SMILES string of the molecule is Cc1[nH]ncc1CNc1cc(Br)ccc1N. The summed E-state index contributed by atoms with van der Waals surface area (Å²) in [4.78, 5) is 0. The number of aromatic nitrogens is 2. The van der Waals surface area contributed by atoms with Crippen LogP contribution in [-0.4, -0.2) is 10.2 Å². The van der Waals surface area contributed by atoms with E-state index in [1.165, 1.54) is 0 Å². The van der Waals surface area contributed by atoms with E-state index >= 15 is 0 Å². The third-order valence-corrected chi connectivity index (χ3v) is 2.91. The number of halogens is 1. The molecule has 0 bridgehead atoms. The van der Waals surface area contributed by atoms with Gasteiger partial charge in [-0.05, 0) is 25.1 Å². The third-order valence-electron chi connectivity index (χ3n) is 2.42. The van der Waals surface area contributed by atoms with Gasteiger partial charge in [-0.1, -0.05) is 15.9 Å². The number of hydrogen-bond acceptors (Lipinski definition) is 3. The first-order chi connectivity index (χ1) is 7.66. The fourth-order valence-electron chi connectivity index (χ4n) is 1.43. The molecule has 1 heterocycles. The maximum absolute atomic E-state index is 5.86. The van der Waals surface area contributed by atoms with Crippen LogP contribution in [-0.2, 0) is 6.54 Å². The normalized spacial score (nSPS) is 10.4. The van der Waals surface area contributed by atoms with E-state index in [2.05, 4.69) is 31.4 Å². The minimum atomic E-state index is 0.711. The molecule has 0 aliphatic carbocycles. The second-order valence-electron chi connectivity index (χ2n) is 3.61. The number of anilines is 2. The summed E-state index contributed by atoms with van der Waals surface area (Å²) >= 11 is 3.42. The Kier molecular flexibility index (Phi) is 3.14. The highest BCUT2D eigenvalue weighted by Crippen LogP contribution is 2.23. The molecule has 0 saturated carbocycles. The third kappa shape index (κ3) is 2.36. The van der Waals surface area contributed by atoms with Crippen molar-refractivity contribution in [2.24, 2.45) is 0 Å². The van der Waals surface area contributed by atoms with Crippen LogP contribution in [0.4, 0.5) is 11.4 Å². The summed E-state index contributed by atoms with van der Waals surface area (Å²) in [6.45, 7) is 2.71. The molecule has 2 rings (SSSR count). The first-order valence-electron chi connectivity index (χ1n) is 4.94. The van der Waals surface area contributed by atoms with Crippen molar-refractivity contribution in [1.29, 1.82) is 0 Å². The molecule has 84 valence electrons. The minimum Gasteiger partial charge on any atom is -0.397 e. The van der Waals surface area contributed by atoms with Crippen LogP contribution >= 0.6 is 15.9 Å². The lowest BCUT2D eigenvalue weighted by atomic mass is 10.2. The highest BCUT2D eigenvalue weighted by molar-refractivity contribution is 9.10. The zero-order valence-corrected chi connectivity index (χ0v) is 10.5. The summed E-state index contributed by atoms with van der Waals surface area (Å²) in [6.07, 6.45) is 1.82. The van der Waals surface area contributed by atoms with Crippen LogP contribution in [0.5, 0.6) is 0 Å². The van der Waals surface area contributed by atoms with Crippen LogP contribution in [0.1, 0.15) is 11.3 Å². The molecular formula is C11H13BrN4. The van der Waals surface area contributed by atoms with Crippen LogP contribution in [0.3, 0.4) is 0 Å². The molecule has 0 saturated heterocycles. The van der Waals surface area contributed by atoms with Gasteiger partial charge >= 0.3 is 0 Å². The Labute approximate surface area is 102 Å². The topological polar surface area (TPSA) is 66.7 Å². The molecule has 0 spiro atoms. The summed E-state index contributed by atoms with van der Waals surface area (Å²) in [5.41, 5.74) is 9.73. The molecule has 1 aromatic carbocycles. The lowest BCUT2D eigenvalue weighted by molar-refractivity contribution is 1.04. The molecule has 16 heavy (non-hydrogen) atoms. The fraction of sp³-hybridized carbons (Fsp3) is 0.182. The number of nitrogens with zero attached hydrogens (tertiary/aromatic N) is 1. The quantitative estimate of drug-likeness (QED) is 0.758. The number of nitrogen functional groups attached to an aromatic ring is 1. The Balaban J connectivity index is 2.10. The van der Waals surface area contributed by atoms with Crippen molar-refractivity contribution in [3.05, 3.63) is 40.1 Å². The molecule has 2 aromatic rings. The molecule has 4 nitrogen and oxygen atoms in total. The van der Waals surface area contributed by atoms with Crippen LogP contribution in [0.25, 0.3) is 0 Å². The van der Waals surface area contributed by atoms with Crippen molar-refractivity contribution in [3.8, 4) is 0 Å². The summed E-state index contributed by atoms with van der Waals surface area (Å²) < 4.78 is 1.01. The molecule has 4 N–H and O–H groups in total. The summed E-state index contributed by atoms with van der Waals surface area (Å²) in [7, 11) is 0. The second kappa shape index (κ2) is 4.57. The summed E-state index contributed by atoms with van der Waals surface area (Å²) in [5.74, 6) is 0. The Hall–Kier alpha value is -1.49. The van der Waals surface area contributed by atoms with E-state index in [0.29, 0.717) is 6.54 Å². The Morgan fingerprint density at radius 3 is 3.00 bits per heavy atom. The van der Waals surface area contributed by atoms with E-state index in [1.54, 1.807) is 0 Å². The molecule has 0 aliphatic heterocycles. The molecule has 0 aliphatic rings. The van der Waals surface area contributed by atoms with E-state index in [4.69, 9.17) is 5.73 Å². The number of benzene rings is 1. The van der Waals surface area contributed by atoms with Crippen molar-refractivity contribution in [1.82, 2.24) is 10.2 Å². The number of hydrogen-bond donors (Lipinski definition) is 3. The van der Waals surface area contributed by atoms with Gasteiger partial charge < -0.3 is 11.1 Å². The van der Waals surface area contributed by atoms with Gasteiger partial charge in [-0.15, -0.1) is 0 Å². The van der Waals surface area contributed by atoms with Crippen molar-refractivity contribution >= 4 is 27.3 Å². The maximum Gasteiger partial charge on any atom is 0.0587 e. The predicted octanol–water partition coefficient (Wildman–Crippen LogP) is 2.67. The molecule has 0 unspecified atom stereocenters. The van der Waals surface area contributed by atoms with Gasteiger partial charge in [0, 0.05) is 22.3 Å². The van der Waals surface area contributed by atoms with E-state index in [-0.39, 0.29) is 0 Å². The first kappa shape index (κ1) is 11.0. The van der Waals surface area contributed by atoms with Gasteiger partial charge in [0.15, 0.2) is 0 Å². The van der Waals surface area contributed by atoms with Gasteiger partial charge in [-0.25, -0.2) is 0 Å². The Bertz CT molecular complexity index is 492. The lowest BCUT2D eigenvalue weighted by Gasteiger charge is -2.09. The highest BCUT2D eigenvalue weighted by atomic mass is 79.9. The van der Waals surface area contributed by atoms with Crippen molar-refractivity contribution in [2.75, 3.05) is 11.1 Å².